The molecule has 0 fully saturated rings. The van der Waals surface area contributed by atoms with Gasteiger partial charge in [-0.25, -0.2) is 0 Å². The van der Waals surface area contributed by atoms with Gasteiger partial charge in [0.2, 0.25) is 0 Å². The smallest absolute Gasteiger partial charge is 0.257 e. The van der Waals surface area contributed by atoms with Gasteiger partial charge in [-0.2, -0.15) is 4.98 Å². The fraction of sp³-hybridized carbons (Fsp3) is 0.111. The largest absolute Gasteiger partial charge is 0.497 e. The molecular weight excluding hydrogens is 350 g/mol. The first-order valence-corrected chi connectivity index (χ1v) is 8.87. The van der Waals surface area contributed by atoms with Gasteiger partial charge in [-0.3, -0.25) is 4.57 Å². The Balaban J connectivity index is 1.46. The van der Waals surface area contributed by atoms with Crippen molar-refractivity contribution in [2.24, 2.45) is 0 Å². The normalized spacial score (nSPS) is 10.8. The Morgan fingerprint density at radius 1 is 1.08 bits per heavy atom. The molecule has 0 atom stereocenters. The lowest BCUT2D eigenvalue weighted by Gasteiger charge is -2.04. The van der Waals surface area contributed by atoms with Crippen LogP contribution in [-0.4, -0.2) is 32.0 Å². The maximum atomic E-state index is 5.35. The molecule has 4 rings (SSSR count). The van der Waals surface area contributed by atoms with E-state index in [2.05, 4.69) is 20.3 Å². The molecule has 0 unspecified atom stereocenters. The van der Waals surface area contributed by atoms with Crippen LogP contribution in [0.15, 0.2) is 70.6 Å². The Kier molecular flexibility index (Phi) is 4.65. The van der Waals surface area contributed by atoms with Crippen molar-refractivity contribution in [2.75, 3.05) is 7.11 Å². The number of thioether (sulfide) groups is 1. The van der Waals surface area contributed by atoms with Crippen molar-refractivity contribution in [1.29, 1.82) is 0 Å². The molecule has 4 aromatic rings. The van der Waals surface area contributed by atoms with Crippen LogP contribution in [-0.2, 0) is 5.75 Å². The third-order valence-corrected chi connectivity index (χ3v) is 4.63. The number of ether oxygens (including phenoxy) is 1. The molecule has 0 radical (unpaired) electrons. The number of para-hydroxylation sites is 1. The average molecular weight is 365 g/mol. The highest BCUT2D eigenvalue weighted by molar-refractivity contribution is 7.98. The van der Waals surface area contributed by atoms with Gasteiger partial charge in [-0.15, -0.1) is 10.2 Å². The molecule has 7 nitrogen and oxygen atoms in total. The number of rotatable bonds is 6. The number of hydrogen-bond donors (Lipinski definition) is 0. The molecule has 2 aromatic heterocycles. The van der Waals surface area contributed by atoms with Gasteiger partial charge < -0.3 is 9.26 Å². The second-order valence-corrected chi connectivity index (χ2v) is 6.29. The molecule has 2 aromatic carbocycles. The second-order valence-electron chi connectivity index (χ2n) is 5.35. The van der Waals surface area contributed by atoms with Gasteiger partial charge in [0.15, 0.2) is 11.0 Å². The van der Waals surface area contributed by atoms with E-state index >= 15 is 0 Å². The number of nitrogens with zero attached hydrogens (tertiary/aromatic N) is 5. The molecule has 0 aliphatic carbocycles. The predicted molar refractivity (Wildman–Crippen MR) is 97.2 cm³/mol. The number of hydrogen-bond acceptors (Lipinski definition) is 7. The van der Waals surface area contributed by atoms with Crippen molar-refractivity contribution in [3.63, 3.8) is 0 Å². The quantitative estimate of drug-likeness (QED) is 0.483. The van der Waals surface area contributed by atoms with Crippen LogP contribution in [0.5, 0.6) is 5.75 Å². The van der Waals surface area contributed by atoms with Crippen molar-refractivity contribution in [1.82, 2.24) is 24.9 Å². The lowest BCUT2D eigenvalue weighted by atomic mass is 10.2. The molecule has 26 heavy (non-hydrogen) atoms. The van der Waals surface area contributed by atoms with Crippen molar-refractivity contribution < 1.29 is 9.26 Å². The van der Waals surface area contributed by atoms with Crippen LogP contribution >= 0.6 is 11.8 Å². The molecular formula is C18H15N5O2S. The van der Waals surface area contributed by atoms with Crippen molar-refractivity contribution >= 4 is 11.8 Å². The van der Waals surface area contributed by atoms with E-state index in [9.17, 15) is 0 Å². The van der Waals surface area contributed by atoms with Gasteiger partial charge in [0.05, 0.1) is 12.9 Å². The Morgan fingerprint density at radius 3 is 2.65 bits per heavy atom. The van der Waals surface area contributed by atoms with Gasteiger partial charge in [0.25, 0.3) is 5.89 Å². The molecule has 8 heteroatoms. The summed E-state index contributed by atoms with van der Waals surface area (Å²) >= 11 is 1.50. The second kappa shape index (κ2) is 7.40. The van der Waals surface area contributed by atoms with Crippen LogP contribution in [0.1, 0.15) is 5.82 Å². The van der Waals surface area contributed by atoms with Gasteiger partial charge in [0.1, 0.15) is 12.1 Å². The van der Waals surface area contributed by atoms with Gasteiger partial charge in [-0.1, -0.05) is 35.1 Å². The maximum Gasteiger partial charge on any atom is 0.257 e. The fourth-order valence-corrected chi connectivity index (χ4v) is 3.15. The molecule has 130 valence electrons. The maximum absolute atomic E-state index is 5.35. The van der Waals surface area contributed by atoms with E-state index in [1.54, 1.807) is 13.4 Å². The first-order chi connectivity index (χ1) is 12.8. The summed E-state index contributed by atoms with van der Waals surface area (Å²) in [7, 11) is 1.63. The third-order valence-electron chi connectivity index (χ3n) is 3.69. The summed E-state index contributed by atoms with van der Waals surface area (Å²) in [6.45, 7) is 0. The zero-order chi connectivity index (χ0) is 17.8. The van der Waals surface area contributed by atoms with Crippen molar-refractivity contribution in [3.05, 3.63) is 66.7 Å². The van der Waals surface area contributed by atoms with E-state index in [4.69, 9.17) is 9.26 Å². The Morgan fingerprint density at radius 2 is 1.88 bits per heavy atom. The first kappa shape index (κ1) is 16.3. The molecule has 2 heterocycles. The summed E-state index contributed by atoms with van der Waals surface area (Å²) in [5.41, 5.74) is 1.86. The molecule has 0 amide bonds. The number of aromatic nitrogens is 5. The van der Waals surface area contributed by atoms with E-state index in [0.717, 1.165) is 22.2 Å². The summed E-state index contributed by atoms with van der Waals surface area (Å²) in [5, 5.41) is 13.0. The summed E-state index contributed by atoms with van der Waals surface area (Å²) in [6.07, 6.45) is 1.69. The van der Waals surface area contributed by atoms with Gasteiger partial charge >= 0.3 is 0 Å². The zero-order valence-electron chi connectivity index (χ0n) is 13.9. The minimum absolute atomic E-state index is 0.479. The molecule has 0 saturated heterocycles. The van der Waals surface area contributed by atoms with E-state index in [0.29, 0.717) is 17.5 Å². The van der Waals surface area contributed by atoms with Crippen molar-refractivity contribution in [2.45, 2.75) is 10.9 Å². The van der Waals surface area contributed by atoms with E-state index in [1.807, 2.05) is 59.2 Å². The van der Waals surface area contributed by atoms with Crippen LogP contribution in [0, 0.1) is 0 Å². The van der Waals surface area contributed by atoms with E-state index in [-0.39, 0.29) is 0 Å². The van der Waals surface area contributed by atoms with Crippen LogP contribution in [0.25, 0.3) is 17.1 Å². The van der Waals surface area contributed by atoms with Gasteiger partial charge in [0, 0.05) is 11.3 Å². The van der Waals surface area contributed by atoms with Crippen molar-refractivity contribution in [3.8, 4) is 22.9 Å². The highest BCUT2D eigenvalue weighted by Crippen LogP contribution is 2.25. The number of methoxy groups -OCH3 is 1. The van der Waals surface area contributed by atoms with Crippen LogP contribution in [0.4, 0.5) is 0 Å². The van der Waals surface area contributed by atoms with Gasteiger partial charge in [-0.05, 0) is 36.4 Å². The average Bonchev–Trinajstić information content (AvgIpc) is 3.36. The Labute approximate surface area is 154 Å². The van der Waals surface area contributed by atoms with E-state index in [1.165, 1.54) is 11.8 Å². The minimum atomic E-state index is 0.479. The minimum Gasteiger partial charge on any atom is -0.497 e. The van der Waals surface area contributed by atoms with Crippen LogP contribution < -0.4 is 4.74 Å². The highest BCUT2D eigenvalue weighted by atomic mass is 32.2. The molecule has 0 aliphatic heterocycles. The third kappa shape index (κ3) is 3.45. The standard InChI is InChI=1S/C18H15N5O2S/c1-24-15-9-7-13(8-10-15)17-20-16(22-25-17)11-26-18-21-19-12-23(18)14-5-3-2-4-6-14/h2-10,12H,11H2,1H3. The topological polar surface area (TPSA) is 78.9 Å². The monoisotopic (exact) mass is 365 g/mol. The van der Waals surface area contributed by atoms with Crippen LogP contribution in [0.3, 0.4) is 0 Å². The lowest BCUT2D eigenvalue weighted by molar-refractivity contribution is 0.414. The lowest BCUT2D eigenvalue weighted by Crippen LogP contribution is -1.95. The Hall–Kier alpha value is -3.13. The van der Waals surface area contributed by atoms with Crippen LogP contribution in [0.2, 0.25) is 0 Å². The molecule has 0 bridgehead atoms. The van der Waals surface area contributed by atoms with E-state index < -0.39 is 0 Å². The first-order valence-electron chi connectivity index (χ1n) is 7.89. The Bertz CT molecular complexity index is 982. The highest BCUT2D eigenvalue weighted by Gasteiger charge is 2.12. The zero-order valence-corrected chi connectivity index (χ0v) is 14.8. The molecule has 0 spiro atoms. The SMILES string of the molecule is COc1ccc(-c2nc(CSc3nncn3-c3ccccc3)no2)cc1. The molecule has 0 N–H and O–H groups in total. The summed E-state index contributed by atoms with van der Waals surface area (Å²) < 4.78 is 12.4. The molecule has 0 saturated carbocycles. The predicted octanol–water partition coefficient (Wildman–Crippen LogP) is 3.62. The summed E-state index contributed by atoms with van der Waals surface area (Å²) in [4.78, 5) is 4.44. The molecule has 0 aliphatic rings. The fourth-order valence-electron chi connectivity index (χ4n) is 2.38. The number of benzene rings is 2. The summed E-state index contributed by atoms with van der Waals surface area (Å²) in [6, 6.07) is 17.4. The summed E-state index contributed by atoms with van der Waals surface area (Å²) in [5.74, 6) is 2.39.